The molecular formula is C13H26IN3O2S. The minimum atomic E-state index is -0.130. The number of aliphatic imine (C=N–C) groups is 1. The van der Waals surface area contributed by atoms with E-state index in [2.05, 4.69) is 15.6 Å². The van der Waals surface area contributed by atoms with E-state index in [1.165, 1.54) is 18.6 Å². The van der Waals surface area contributed by atoms with Crippen LogP contribution < -0.4 is 10.6 Å². The van der Waals surface area contributed by atoms with Gasteiger partial charge in [0.05, 0.1) is 6.61 Å². The molecule has 0 aromatic rings. The van der Waals surface area contributed by atoms with Gasteiger partial charge in [0.1, 0.15) is 0 Å². The normalized spacial score (nSPS) is 18.3. The third kappa shape index (κ3) is 8.89. The highest BCUT2D eigenvalue weighted by Crippen LogP contribution is 2.25. The van der Waals surface area contributed by atoms with Crippen LogP contribution in [0.2, 0.25) is 0 Å². The number of esters is 1. The van der Waals surface area contributed by atoms with E-state index in [9.17, 15) is 4.79 Å². The Morgan fingerprint density at radius 2 is 2.25 bits per heavy atom. The second-order valence-corrected chi connectivity index (χ2v) is 5.83. The summed E-state index contributed by atoms with van der Waals surface area (Å²) in [4.78, 5) is 15.3. The quantitative estimate of drug-likeness (QED) is 0.219. The third-order valence-corrected chi connectivity index (χ3v) is 4.30. The van der Waals surface area contributed by atoms with Crippen molar-refractivity contribution in [3.8, 4) is 0 Å². The van der Waals surface area contributed by atoms with Crippen LogP contribution in [0.25, 0.3) is 0 Å². The van der Waals surface area contributed by atoms with Crippen molar-refractivity contribution < 1.29 is 9.53 Å². The maximum atomic E-state index is 11.2. The summed E-state index contributed by atoms with van der Waals surface area (Å²) in [5.74, 6) is 1.96. The van der Waals surface area contributed by atoms with Gasteiger partial charge in [-0.1, -0.05) is 0 Å². The standard InChI is InChI=1S/C13H25N3O2S.HI/c1-3-18-12(17)7-4-8-15-13(14-2)16-10-11-6-5-9-19-11;/h11H,3-10H2,1-2H3,(H2,14,15,16);1H. The van der Waals surface area contributed by atoms with Crippen LogP contribution in [-0.4, -0.2) is 49.7 Å². The highest BCUT2D eigenvalue weighted by atomic mass is 127. The molecule has 0 radical (unpaired) electrons. The molecule has 1 rings (SSSR count). The molecule has 5 nitrogen and oxygen atoms in total. The fourth-order valence-corrected chi connectivity index (χ4v) is 3.11. The average Bonchev–Trinajstić information content (AvgIpc) is 2.91. The van der Waals surface area contributed by atoms with Gasteiger partial charge in [-0.3, -0.25) is 9.79 Å². The van der Waals surface area contributed by atoms with E-state index in [1.54, 1.807) is 7.05 Å². The third-order valence-electron chi connectivity index (χ3n) is 2.90. The summed E-state index contributed by atoms with van der Waals surface area (Å²) in [6.07, 6.45) is 3.83. The number of thioether (sulfide) groups is 1. The molecule has 0 amide bonds. The van der Waals surface area contributed by atoms with E-state index >= 15 is 0 Å². The Morgan fingerprint density at radius 3 is 2.85 bits per heavy atom. The van der Waals surface area contributed by atoms with Crippen LogP contribution in [0.1, 0.15) is 32.6 Å². The highest BCUT2D eigenvalue weighted by Gasteiger charge is 2.15. The molecular weight excluding hydrogens is 389 g/mol. The lowest BCUT2D eigenvalue weighted by atomic mass is 10.2. The van der Waals surface area contributed by atoms with Gasteiger partial charge in [0.25, 0.3) is 0 Å². The average molecular weight is 415 g/mol. The molecule has 1 unspecified atom stereocenters. The van der Waals surface area contributed by atoms with Crippen molar-refractivity contribution in [2.24, 2.45) is 4.99 Å². The van der Waals surface area contributed by atoms with Gasteiger partial charge in [0, 0.05) is 31.8 Å². The first-order valence-corrected chi connectivity index (χ1v) is 8.03. The van der Waals surface area contributed by atoms with E-state index in [1.807, 2.05) is 18.7 Å². The predicted molar refractivity (Wildman–Crippen MR) is 96.1 cm³/mol. The zero-order chi connectivity index (χ0) is 13.9. The number of hydrogen-bond acceptors (Lipinski definition) is 4. The summed E-state index contributed by atoms with van der Waals surface area (Å²) in [6.45, 7) is 3.97. The number of ether oxygens (including phenoxy) is 1. The summed E-state index contributed by atoms with van der Waals surface area (Å²) in [6, 6.07) is 0. The van der Waals surface area contributed by atoms with Crippen molar-refractivity contribution >= 4 is 47.7 Å². The number of halogens is 1. The van der Waals surface area contributed by atoms with E-state index < -0.39 is 0 Å². The molecule has 0 aliphatic carbocycles. The van der Waals surface area contributed by atoms with Gasteiger partial charge >= 0.3 is 5.97 Å². The summed E-state index contributed by atoms with van der Waals surface area (Å²) in [5.41, 5.74) is 0. The fourth-order valence-electron chi connectivity index (χ4n) is 1.91. The first-order valence-electron chi connectivity index (χ1n) is 6.98. The van der Waals surface area contributed by atoms with Gasteiger partial charge in [0.2, 0.25) is 0 Å². The Labute approximate surface area is 143 Å². The number of carbonyl (C=O) groups is 1. The van der Waals surface area contributed by atoms with E-state index in [4.69, 9.17) is 4.74 Å². The molecule has 1 atom stereocenters. The summed E-state index contributed by atoms with van der Waals surface area (Å²) >= 11 is 2.03. The predicted octanol–water partition coefficient (Wildman–Crippen LogP) is 2.01. The van der Waals surface area contributed by atoms with Crippen molar-refractivity contribution in [1.29, 1.82) is 0 Å². The molecule has 0 bridgehead atoms. The van der Waals surface area contributed by atoms with Gasteiger partial charge in [-0.15, -0.1) is 24.0 Å². The minimum absolute atomic E-state index is 0. The minimum Gasteiger partial charge on any atom is -0.466 e. The molecule has 2 N–H and O–H groups in total. The van der Waals surface area contributed by atoms with Gasteiger partial charge in [-0.2, -0.15) is 11.8 Å². The Bertz CT molecular complexity index is 297. The molecule has 0 spiro atoms. The van der Waals surface area contributed by atoms with Crippen LogP contribution in [0.5, 0.6) is 0 Å². The number of hydrogen-bond donors (Lipinski definition) is 2. The molecule has 0 aromatic carbocycles. The molecule has 0 aromatic heterocycles. The lowest BCUT2D eigenvalue weighted by Crippen LogP contribution is -2.40. The van der Waals surface area contributed by atoms with Crippen LogP contribution in [-0.2, 0) is 9.53 Å². The molecule has 1 aliphatic heterocycles. The molecule has 1 aliphatic rings. The fraction of sp³-hybridized carbons (Fsp3) is 0.846. The van der Waals surface area contributed by atoms with Gasteiger partial charge in [-0.05, 0) is 31.9 Å². The van der Waals surface area contributed by atoms with Crippen molar-refractivity contribution in [3.05, 3.63) is 0 Å². The SMILES string of the molecule is CCOC(=O)CCCNC(=NC)NCC1CCCS1.I. The molecule has 20 heavy (non-hydrogen) atoms. The molecule has 1 heterocycles. The van der Waals surface area contributed by atoms with Crippen LogP contribution in [0.4, 0.5) is 0 Å². The summed E-state index contributed by atoms with van der Waals surface area (Å²) in [5, 5.41) is 7.25. The van der Waals surface area contributed by atoms with Crippen molar-refractivity contribution in [3.63, 3.8) is 0 Å². The second kappa shape index (κ2) is 12.6. The lowest BCUT2D eigenvalue weighted by Gasteiger charge is -2.14. The molecule has 1 saturated heterocycles. The topological polar surface area (TPSA) is 62.7 Å². The Kier molecular flexibility index (Phi) is 12.4. The maximum absolute atomic E-state index is 11.2. The number of guanidine groups is 1. The van der Waals surface area contributed by atoms with Crippen LogP contribution in [0.3, 0.4) is 0 Å². The zero-order valence-corrected chi connectivity index (χ0v) is 15.5. The van der Waals surface area contributed by atoms with E-state index in [0.717, 1.165) is 25.5 Å². The van der Waals surface area contributed by atoms with Crippen molar-refractivity contribution in [2.75, 3.05) is 32.5 Å². The lowest BCUT2D eigenvalue weighted by molar-refractivity contribution is -0.143. The number of rotatable bonds is 7. The van der Waals surface area contributed by atoms with Crippen molar-refractivity contribution in [2.45, 2.75) is 37.9 Å². The van der Waals surface area contributed by atoms with Crippen LogP contribution >= 0.6 is 35.7 Å². The van der Waals surface area contributed by atoms with Crippen LogP contribution in [0, 0.1) is 0 Å². The number of nitrogens with zero attached hydrogens (tertiary/aromatic N) is 1. The maximum Gasteiger partial charge on any atom is 0.305 e. The number of carbonyl (C=O) groups excluding carboxylic acids is 1. The molecule has 118 valence electrons. The summed E-state index contributed by atoms with van der Waals surface area (Å²) < 4.78 is 4.87. The zero-order valence-electron chi connectivity index (χ0n) is 12.3. The Morgan fingerprint density at radius 1 is 1.45 bits per heavy atom. The Balaban J connectivity index is 0.00000361. The Hall–Kier alpha value is -0.180. The van der Waals surface area contributed by atoms with E-state index in [0.29, 0.717) is 18.3 Å². The van der Waals surface area contributed by atoms with Crippen molar-refractivity contribution in [1.82, 2.24) is 10.6 Å². The van der Waals surface area contributed by atoms with E-state index in [-0.39, 0.29) is 29.9 Å². The summed E-state index contributed by atoms with van der Waals surface area (Å²) in [7, 11) is 1.77. The highest BCUT2D eigenvalue weighted by molar-refractivity contribution is 14.0. The smallest absolute Gasteiger partial charge is 0.305 e. The van der Waals surface area contributed by atoms with Crippen LogP contribution in [0.15, 0.2) is 4.99 Å². The molecule has 1 fully saturated rings. The van der Waals surface area contributed by atoms with Gasteiger partial charge in [0.15, 0.2) is 5.96 Å². The largest absolute Gasteiger partial charge is 0.466 e. The first kappa shape index (κ1) is 19.8. The van der Waals surface area contributed by atoms with Gasteiger partial charge in [-0.25, -0.2) is 0 Å². The number of nitrogens with one attached hydrogen (secondary N) is 2. The van der Waals surface area contributed by atoms with Gasteiger partial charge < -0.3 is 15.4 Å². The first-order chi connectivity index (χ1) is 9.26. The molecule has 0 saturated carbocycles. The second-order valence-electron chi connectivity index (χ2n) is 4.42. The molecule has 7 heteroatoms. The monoisotopic (exact) mass is 415 g/mol.